The van der Waals surface area contributed by atoms with Crippen LogP contribution < -0.4 is 22.5 Å². The number of carbonyl (C=O) groups excluding carboxylic acids is 2. The van der Waals surface area contributed by atoms with Crippen LogP contribution in [0.25, 0.3) is 11.2 Å². The van der Waals surface area contributed by atoms with Crippen LogP contribution in [0.4, 0.5) is 11.6 Å². The molecule has 9 N–H and O–H groups in total. The summed E-state index contributed by atoms with van der Waals surface area (Å²) in [7, 11) is -10.1. The summed E-state index contributed by atoms with van der Waals surface area (Å²) in [6.45, 7) is 1.90. The number of nitrogen functional groups attached to an aromatic ring is 2. The fourth-order valence-electron chi connectivity index (χ4n) is 6.52. The predicted molar refractivity (Wildman–Crippen MR) is 213 cm³/mol. The number of aliphatic hydroxyl groups excluding tert-OH is 1. The van der Waals surface area contributed by atoms with Crippen molar-refractivity contribution in [2.45, 2.75) is 74.3 Å². The first kappa shape index (κ1) is 44.4. The highest BCUT2D eigenvalue weighted by Crippen LogP contribution is 2.56. The largest absolute Gasteiger partial charge is 0.469 e. The number of phosphoric ester groups is 1. The number of aliphatic hydroxyl groups is 1. The molecule has 0 saturated carbocycles. The van der Waals surface area contributed by atoms with Gasteiger partial charge in [0.2, 0.25) is 5.91 Å². The molecule has 2 saturated heterocycles. The van der Waals surface area contributed by atoms with E-state index in [0.29, 0.717) is 12.0 Å². The van der Waals surface area contributed by atoms with Gasteiger partial charge in [0.05, 0.1) is 31.3 Å². The summed E-state index contributed by atoms with van der Waals surface area (Å²) >= 11 is 2.12. The number of ether oxygens (including phenoxy) is 3. The van der Waals surface area contributed by atoms with Gasteiger partial charge in [-0.2, -0.15) is 4.98 Å². The maximum absolute atomic E-state index is 14.1. The lowest BCUT2D eigenvalue weighted by Gasteiger charge is -2.26. The first-order valence-corrected chi connectivity index (χ1v) is 22.0. The molecule has 0 aliphatic carbocycles. The number of benzene rings is 1. The van der Waals surface area contributed by atoms with Crippen molar-refractivity contribution < 1.29 is 61.8 Å². The molecular formula is C33H40IN9O14P2. The van der Waals surface area contributed by atoms with E-state index in [2.05, 4.69) is 58.9 Å². The van der Waals surface area contributed by atoms with E-state index in [1.807, 2.05) is 12.1 Å². The van der Waals surface area contributed by atoms with Crippen molar-refractivity contribution in [3.63, 3.8) is 0 Å². The molecule has 0 bridgehead atoms. The van der Waals surface area contributed by atoms with E-state index in [1.165, 1.54) is 23.2 Å². The molecule has 4 aromatic rings. The number of nitrogens with zero attached hydrogens (tertiary/aromatic N) is 6. The molecule has 0 spiro atoms. The molecule has 23 nitrogen and oxygen atoms in total. The van der Waals surface area contributed by atoms with E-state index in [0.717, 1.165) is 14.5 Å². The molecular weight excluding hydrogens is 935 g/mol. The Kier molecular flexibility index (Phi) is 14.0. The van der Waals surface area contributed by atoms with Gasteiger partial charge in [-0.25, -0.2) is 29.1 Å². The summed E-state index contributed by atoms with van der Waals surface area (Å²) in [5.41, 5.74) is 10.1. The van der Waals surface area contributed by atoms with Crippen LogP contribution in [0.3, 0.4) is 0 Å². The molecule has 2 aliphatic heterocycles. The van der Waals surface area contributed by atoms with Gasteiger partial charge in [0.1, 0.15) is 42.1 Å². The van der Waals surface area contributed by atoms with Crippen molar-refractivity contribution in [3.8, 4) is 0 Å². The molecule has 26 heteroatoms. The summed E-state index contributed by atoms with van der Waals surface area (Å²) in [5.74, 6) is -1.55. The zero-order chi connectivity index (χ0) is 42.6. The number of fused-ring (bicyclic) bond motifs is 1. The van der Waals surface area contributed by atoms with E-state index in [-0.39, 0.29) is 35.6 Å². The minimum absolute atomic E-state index is 0.00836. The third kappa shape index (κ3) is 10.8. The number of esters is 1. The van der Waals surface area contributed by atoms with Gasteiger partial charge < -0.3 is 55.3 Å². The van der Waals surface area contributed by atoms with Crippen molar-refractivity contribution in [1.82, 2.24) is 34.4 Å². The van der Waals surface area contributed by atoms with Gasteiger partial charge in [-0.1, -0.05) is 18.2 Å². The Morgan fingerprint density at radius 1 is 1.05 bits per heavy atom. The van der Waals surface area contributed by atoms with Crippen molar-refractivity contribution in [2.24, 2.45) is 0 Å². The Bertz CT molecular complexity index is 2330. The summed E-state index contributed by atoms with van der Waals surface area (Å²) in [6, 6.07) is 7.17. The van der Waals surface area contributed by atoms with E-state index in [1.54, 1.807) is 18.2 Å². The number of aromatic nitrogens is 6. The molecule has 59 heavy (non-hydrogen) atoms. The van der Waals surface area contributed by atoms with Crippen LogP contribution in [0.5, 0.6) is 0 Å². The van der Waals surface area contributed by atoms with Crippen LogP contribution in [-0.2, 0) is 48.4 Å². The molecule has 318 valence electrons. The number of phosphoric acid groups is 1. The number of nitrogens with two attached hydrogens (primary N) is 2. The molecule has 1 aromatic carbocycles. The molecule has 2 aliphatic rings. The smallest absolute Gasteiger partial charge is 0.455 e. The number of imidazole rings is 1. The van der Waals surface area contributed by atoms with Gasteiger partial charge in [-0.15, -0.1) is 6.58 Å². The van der Waals surface area contributed by atoms with Crippen molar-refractivity contribution >= 4 is 72.7 Å². The third-order valence-electron chi connectivity index (χ3n) is 9.39. The standard InChI is InChI=1S/C33H40IN9O14P2/c1-2-3-4-24(44)40-19(11-17-5-7-18(34)8-6-17)32(46)57-28-21(56-31(27(28)45)43-16-39-26-29(36)37-15-38-30(26)43)14-53-58(48,49)22-12-25(42-10-9-23(35)41-33(42)47)55-20(22)13-54-59(50,51)52/h2,5-10,15-16,19-22,25,27-28,31,45H,1,3-4,11-14H2,(H,40,44)(H,48,49)(H2,35,41,47)(H2,36,37,38)(H2,50,51,52)/t19-,20+,21?,22-,25+,27+,28+,31+/m0/s1. The van der Waals surface area contributed by atoms with E-state index in [4.69, 9.17) is 30.2 Å². The molecule has 9 atom stereocenters. The van der Waals surface area contributed by atoms with Crippen LogP contribution in [0.1, 0.15) is 37.3 Å². The normalized spacial score (nSPS) is 24.7. The fourth-order valence-corrected chi connectivity index (χ4v) is 8.80. The fraction of sp³-hybridized carbons (Fsp3) is 0.424. The van der Waals surface area contributed by atoms with Crippen LogP contribution in [0, 0.1) is 3.57 Å². The monoisotopic (exact) mass is 975 g/mol. The number of allylic oxidation sites excluding steroid dienone is 1. The number of nitrogens with one attached hydrogen (secondary N) is 1. The lowest BCUT2D eigenvalue weighted by atomic mass is 10.0. The van der Waals surface area contributed by atoms with Gasteiger partial charge in [-0.05, 0) is 52.8 Å². The third-order valence-corrected chi connectivity index (χ3v) is 12.5. The SMILES string of the molecule is C=CCCC(=O)N[C@@H](Cc1ccc(I)cc1)C(=O)O[C@@H]1C(COP(=O)(O)[C@H]2C[C@H](n3ccc(N)nc3=O)O[C@@H]2COP(=O)(O)O)O[C@@H](n2cnc3c(N)ncnc32)[C@@H]1O. The Morgan fingerprint density at radius 3 is 2.47 bits per heavy atom. The molecule has 2 fully saturated rings. The number of anilines is 2. The van der Waals surface area contributed by atoms with Gasteiger partial charge in [-0.3, -0.25) is 23.0 Å². The predicted octanol–water partition coefficient (Wildman–Crippen LogP) is 0.683. The van der Waals surface area contributed by atoms with Crippen LogP contribution in [0.15, 0.2) is 66.6 Å². The minimum Gasteiger partial charge on any atom is -0.455 e. The Morgan fingerprint density at radius 2 is 1.78 bits per heavy atom. The number of carbonyl (C=O) groups is 2. The topological polar surface area (TPSA) is 338 Å². The lowest BCUT2D eigenvalue weighted by molar-refractivity contribution is -0.160. The Balaban J connectivity index is 1.28. The number of hydrogen-bond donors (Lipinski definition) is 7. The maximum atomic E-state index is 14.1. The van der Waals surface area contributed by atoms with Gasteiger partial charge >= 0.3 is 27.1 Å². The highest BCUT2D eigenvalue weighted by molar-refractivity contribution is 14.1. The zero-order valence-corrected chi connectivity index (χ0v) is 34.7. The van der Waals surface area contributed by atoms with E-state index < -0.39 is 101 Å². The zero-order valence-electron chi connectivity index (χ0n) is 30.7. The second-order valence-corrected chi connectivity index (χ2v) is 18.0. The first-order valence-electron chi connectivity index (χ1n) is 17.7. The summed E-state index contributed by atoms with van der Waals surface area (Å²) in [6.07, 6.45) is -3.89. The lowest BCUT2D eigenvalue weighted by Crippen LogP contribution is -2.47. The summed E-state index contributed by atoms with van der Waals surface area (Å²) < 4.78 is 56.8. The van der Waals surface area contributed by atoms with E-state index >= 15 is 0 Å². The Hall–Kier alpha value is -4.20. The molecule has 5 heterocycles. The average Bonchev–Trinajstić information content (AvgIpc) is 3.89. The van der Waals surface area contributed by atoms with Gasteiger partial charge in [0, 0.05) is 29.0 Å². The number of rotatable bonds is 17. The van der Waals surface area contributed by atoms with Crippen molar-refractivity contribution in [3.05, 3.63) is 81.5 Å². The molecule has 0 radical (unpaired) electrons. The van der Waals surface area contributed by atoms with Crippen molar-refractivity contribution in [1.29, 1.82) is 0 Å². The molecule has 6 rings (SSSR count). The van der Waals surface area contributed by atoms with Crippen molar-refractivity contribution in [2.75, 3.05) is 24.7 Å². The highest BCUT2D eigenvalue weighted by atomic mass is 127. The van der Waals surface area contributed by atoms with Crippen LogP contribution in [0.2, 0.25) is 0 Å². The van der Waals surface area contributed by atoms with Gasteiger partial charge in [0.25, 0.3) is 0 Å². The minimum atomic E-state index is -5.11. The average molecular weight is 976 g/mol. The second kappa shape index (κ2) is 18.6. The van der Waals surface area contributed by atoms with Gasteiger partial charge in [0.15, 0.2) is 23.8 Å². The summed E-state index contributed by atoms with van der Waals surface area (Å²) in [5, 5.41) is 14.4. The molecule has 3 aromatic heterocycles. The quantitative estimate of drug-likeness (QED) is 0.0331. The molecule has 2 unspecified atom stereocenters. The second-order valence-electron chi connectivity index (χ2n) is 13.4. The maximum Gasteiger partial charge on any atom is 0.469 e. The molecule has 1 amide bonds. The highest BCUT2D eigenvalue weighted by Gasteiger charge is 2.52. The number of amides is 1. The summed E-state index contributed by atoms with van der Waals surface area (Å²) in [4.78, 5) is 85.5. The first-order chi connectivity index (χ1) is 27.9. The number of hydrogen-bond acceptors (Lipinski definition) is 17. The Labute approximate surface area is 348 Å². The van der Waals surface area contributed by atoms with Crippen LogP contribution in [-0.4, -0.2) is 110 Å². The van der Waals surface area contributed by atoms with Crippen LogP contribution >= 0.6 is 38.0 Å². The van der Waals surface area contributed by atoms with E-state index in [9.17, 15) is 43.3 Å². The number of halogens is 1.